The van der Waals surface area contributed by atoms with Crippen LogP contribution in [-0.4, -0.2) is 5.91 Å². The molecular weight excluding hydrogens is 358 g/mol. The highest BCUT2D eigenvalue weighted by atomic mass is 79.9. The maximum atomic E-state index is 11.7. The number of carbonyl (C=O) groups is 1. The van der Waals surface area contributed by atoms with Gasteiger partial charge in [0, 0.05) is 14.7 Å². The summed E-state index contributed by atoms with van der Waals surface area (Å²) in [6.07, 6.45) is 1.47. The van der Waals surface area contributed by atoms with E-state index >= 15 is 0 Å². The summed E-state index contributed by atoms with van der Waals surface area (Å²) in [4.78, 5) is 12.8. The van der Waals surface area contributed by atoms with Gasteiger partial charge in [-0.05, 0) is 44.0 Å². The topological polar surface area (TPSA) is 42.2 Å². The average molecular weight is 365 g/mol. The Morgan fingerprint density at radius 1 is 1.50 bits per heavy atom. The average Bonchev–Trinajstić information content (AvgIpc) is 2.84. The molecule has 1 N–H and O–H groups in total. The number of furan rings is 1. The molecule has 2 aromatic rings. The van der Waals surface area contributed by atoms with Crippen LogP contribution in [-0.2, 0) is 6.54 Å². The Morgan fingerprint density at radius 2 is 2.31 bits per heavy atom. The van der Waals surface area contributed by atoms with Crippen molar-refractivity contribution >= 4 is 49.1 Å². The molecule has 1 amide bonds. The van der Waals surface area contributed by atoms with Gasteiger partial charge in [-0.2, -0.15) is 0 Å². The molecule has 0 aliphatic rings. The van der Waals surface area contributed by atoms with Crippen LogP contribution >= 0.6 is 43.2 Å². The number of amides is 1. The molecule has 0 unspecified atom stereocenters. The van der Waals surface area contributed by atoms with Crippen molar-refractivity contribution in [3.63, 3.8) is 0 Å². The van der Waals surface area contributed by atoms with E-state index in [-0.39, 0.29) is 5.91 Å². The molecule has 0 bridgehead atoms. The lowest BCUT2D eigenvalue weighted by atomic mass is 10.3. The molecule has 0 aliphatic heterocycles. The lowest BCUT2D eigenvalue weighted by Crippen LogP contribution is -2.22. The SMILES string of the molecule is O=C(NCc1cc(Br)cs1)c1ccoc1Br. The molecule has 0 spiro atoms. The summed E-state index contributed by atoms with van der Waals surface area (Å²) >= 11 is 8.13. The van der Waals surface area contributed by atoms with Gasteiger partial charge in [-0.1, -0.05) is 0 Å². The Morgan fingerprint density at radius 3 is 2.88 bits per heavy atom. The maximum Gasteiger partial charge on any atom is 0.256 e. The van der Waals surface area contributed by atoms with E-state index in [1.165, 1.54) is 6.26 Å². The van der Waals surface area contributed by atoms with Crippen molar-refractivity contribution in [2.24, 2.45) is 0 Å². The second-order valence-electron chi connectivity index (χ2n) is 3.02. The summed E-state index contributed by atoms with van der Waals surface area (Å²) in [6.45, 7) is 0.521. The van der Waals surface area contributed by atoms with Crippen LogP contribution < -0.4 is 5.32 Å². The molecule has 0 fully saturated rings. The minimum Gasteiger partial charge on any atom is -0.457 e. The van der Waals surface area contributed by atoms with Crippen molar-refractivity contribution in [3.8, 4) is 0 Å². The zero-order chi connectivity index (χ0) is 11.5. The molecule has 0 saturated heterocycles. The van der Waals surface area contributed by atoms with Gasteiger partial charge in [0.25, 0.3) is 5.91 Å². The molecule has 0 aromatic carbocycles. The molecule has 2 rings (SSSR count). The van der Waals surface area contributed by atoms with Gasteiger partial charge in [-0.25, -0.2) is 0 Å². The summed E-state index contributed by atoms with van der Waals surface area (Å²) in [6, 6.07) is 3.61. The van der Waals surface area contributed by atoms with Crippen LogP contribution in [0.25, 0.3) is 0 Å². The lowest BCUT2D eigenvalue weighted by molar-refractivity contribution is 0.0949. The predicted octanol–water partition coefficient (Wildman–Crippen LogP) is 3.80. The Bertz CT molecular complexity index is 506. The van der Waals surface area contributed by atoms with E-state index in [1.807, 2.05) is 11.4 Å². The van der Waals surface area contributed by atoms with Crippen molar-refractivity contribution in [2.45, 2.75) is 6.54 Å². The van der Waals surface area contributed by atoms with Gasteiger partial charge in [0.2, 0.25) is 0 Å². The first kappa shape index (κ1) is 11.9. The van der Waals surface area contributed by atoms with Crippen molar-refractivity contribution in [1.29, 1.82) is 0 Å². The minimum absolute atomic E-state index is 0.148. The van der Waals surface area contributed by atoms with Crippen LogP contribution in [0.5, 0.6) is 0 Å². The van der Waals surface area contributed by atoms with Gasteiger partial charge < -0.3 is 9.73 Å². The highest BCUT2D eigenvalue weighted by Gasteiger charge is 2.12. The number of rotatable bonds is 3. The van der Waals surface area contributed by atoms with E-state index in [4.69, 9.17) is 4.42 Å². The van der Waals surface area contributed by atoms with Crippen molar-refractivity contribution < 1.29 is 9.21 Å². The maximum absolute atomic E-state index is 11.7. The fourth-order valence-corrected chi connectivity index (χ4v) is 2.98. The Labute approximate surface area is 113 Å². The predicted molar refractivity (Wildman–Crippen MR) is 69.6 cm³/mol. The third-order valence-electron chi connectivity index (χ3n) is 1.91. The summed E-state index contributed by atoms with van der Waals surface area (Å²) in [5, 5.41) is 4.80. The van der Waals surface area contributed by atoms with Gasteiger partial charge in [0.15, 0.2) is 4.67 Å². The first-order chi connectivity index (χ1) is 7.66. The lowest BCUT2D eigenvalue weighted by Gasteiger charge is -2.01. The van der Waals surface area contributed by atoms with Crippen LogP contribution in [0.1, 0.15) is 15.2 Å². The molecule has 3 nitrogen and oxygen atoms in total. The van der Waals surface area contributed by atoms with Crippen LogP contribution in [0.3, 0.4) is 0 Å². The molecule has 84 valence electrons. The zero-order valence-corrected chi connectivity index (χ0v) is 12.0. The number of thiophene rings is 1. The Hall–Kier alpha value is -0.590. The van der Waals surface area contributed by atoms with Crippen LogP contribution in [0.4, 0.5) is 0 Å². The number of nitrogens with one attached hydrogen (secondary N) is 1. The summed E-state index contributed by atoms with van der Waals surface area (Å²) < 4.78 is 6.48. The monoisotopic (exact) mass is 363 g/mol. The molecule has 0 saturated carbocycles. The first-order valence-electron chi connectivity index (χ1n) is 4.41. The summed E-state index contributed by atoms with van der Waals surface area (Å²) in [7, 11) is 0. The highest BCUT2D eigenvalue weighted by Crippen LogP contribution is 2.20. The molecule has 2 aromatic heterocycles. The van der Waals surface area contributed by atoms with Gasteiger partial charge >= 0.3 is 0 Å². The van der Waals surface area contributed by atoms with E-state index in [2.05, 4.69) is 37.2 Å². The number of carbonyl (C=O) groups excluding carboxylic acids is 1. The standard InChI is InChI=1S/C10H7Br2NO2S/c11-6-3-7(16-5-6)4-13-10(14)8-1-2-15-9(8)12/h1-3,5H,4H2,(H,13,14). The number of halogens is 2. The molecule has 16 heavy (non-hydrogen) atoms. The smallest absolute Gasteiger partial charge is 0.256 e. The molecular formula is C10H7Br2NO2S. The molecule has 6 heteroatoms. The number of hydrogen-bond acceptors (Lipinski definition) is 3. The Kier molecular flexibility index (Phi) is 3.83. The zero-order valence-electron chi connectivity index (χ0n) is 8.00. The van der Waals surface area contributed by atoms with E-state index in [0.717, 1.165) is 9.35 Å². The van der Waals surface area contributed by atoms with Gasteiger partial charge in [-0.3, -0.25) is 4.79 Å². The second kappa shape index (κ2) is 5.16. The second-order valence-corrected chi connectivity index (χ2v) is 5.65. The van der Waals surface area contributed by atoms with Crippen LogP contribution in [0.15, 0.2) is 37.3 Å². The van der Waals surface area contributed by atoms with Gasteiger partial charge in [-0.15, -0.1) is 11.3 Å². The molecule has 0 atom stereocenters. The van der Waals surface area contributed by atoms with E-state index in [1.54, 1.807) is 17.4 Å². The molecule has 0 radical (unpaired) electrons. The van der Waals surface area contributed by atoms with E-state index in [0.29, 0.717) is 16.8 Å². The fourth-order valence-electron chi connectivity index (χ4n) is 1.16. The largest absolute Gasteiger partial charge is 0.457 e. The normalized spacial score (nSPS) is 10.4. The molecule has 0 aliphatic carbocycles. The third kappa shape index (κ3) is 2.75. The first-order valence-corrected chi connectivity index (χ1v) is 6.87. The fraction of sp³-hybridized carbons (Fsp3) is 0.100. The Balaban J connectivity index is 1.96. The third-order valence-corrected chi connectivity index (χ3v) is 4.22. The van der Waals surface area contributed by atoms with Crippen molar-refractivity contribution in [2.75, 3.05) is 0 Å². The van der Waals surface area contributed by atoms with E-state index in [9.17, 15) is 4.79 Å². The van der Waals surface area contributed by atoms with Crippen LogP contribution in [0, 0.1) is 0 Å². The van der Waals surface area contributed by atoms with Gasteiger partial charge in [0.1, 0.15) is 0 Å². The summed E-state index contributed by atoms with van der Waals surface area (Å²) in [5.74, 6) is -0.148. The molecule has 2 heterocycles. The van der Waals surface area contributed by atoms with Crippen molar-refractivity contribution in [1.82, 2.24) is 5.32 Å². The van der Waals surface area contributed by atoms with Crippen LogP contribution in [0.2, 0.25) is 0 Å². The van der Waals surface area contributed by atoms with E-state index < -0.39 is 0 Å². The quantitative estimate of drug-likeness (QED) is 0.900. The van der Waals surface area contributed by atoms with Crippen molar-refractivity contribution in [3.05, 3.63) is 43.4 Å². The van der Waals surface area contributed by atoms with Gasteiger partial charge in [0.05, 0.1) is 18.4 Å². The highest BCUT2D eigenvalue weighted by molar-refractivity contribution is 9.10. The summed E-state index contributed by atoms with van der Waals surface area (Å²) in [5.41, 5.74) is 0.510. The number of hydrogen-bond donors (Lipinski definition) is 1. The minimum atomic E-state index is -0.148.